The van der Waals surface area contributed by atoms with Crippen LogP contribution in [0.15, 0.2) is 48.8 Å². The molecule has 3 aromatic rings. The molecule has 1 saturated heterocycles. The number of carbonyl (C=O) groups is 1. The highest BCUT2D eigenvalue weighted by molar-refractivity contribution is 5.92. The predicted octanol–water partition coefficient (Wildman–Crippen LogP) is 3.84. The number of hydrogen-bond donors (Lipinski definition) is 1. The first kappa shape index (κ1) is 20.8. The number of amides is 1. The Labute approximate surface area is 176 Å². The molecule has 3 heterocycles. The molecule has 0 bridgehead atoms. The van der Waals surface area contributed by atoms with Gasteiger partial charge in [-0.05, 0) is 44.0 Å². The third kappa shape index (κ3) is 4.68. The van der Waals surface area contributed by atoms with Crippen LogP contribution in [0.4, 0.5) is 24.9 Å². The van der Waals surface area contributed by atoms with Crippen LogP contribution in [0.5, 0.6) is 0 Å². The van der Waals surface area contributed by atoms with Crippen molar-refractivity contribution in [3.8, 4) is 5.69 Å². The van der Waals surface area contributed by atoms with Crippen LogP contribution >= 0.6 is 0 Å². The quantitative estimate of drug-likeness (QED) is 0.681. The van der Waals surface area contributed by atoms with Gasteiger partial charge in [0.25, 0.3) is 0 Å². The van der Waals surface area contributed by atoms with Crippen LogP contribution in [0.1, 0.15) is 24.1 Å². The zero-order valence-electron chi connectivity index (χ0n) is 16.8. The molecular formula is C21H21F3N6O. The number of piperidine rings is 1. The van der Waals surface area contributed by atoms with E-state index in [2.05, 4.69) is 20.4 Å². The van der Waals surface area contributed by atoms with Crippen molar-refractivity contribution >= 4 is 17.7 Å². The lowest BCUT2D eigenvalue weighted by atomic mass is 9.96. The first-order chi connectivity index (χ1) is 14.8. The number of aromatic nitrogens is 4. The molecule has 1 N–H and O–H groups in total. The number of benzene rings is 1. The van der Waals surface area contributed by atoms with Crippen molar-refractivity contribution in [1.29, 1.82) is 0 Å². The highest BCUT2D eigenvalue weighted by Crippen LogP contribution is 2.31. The number of aryl methyl sites for hydroxylation is 1. The van der Waals surface area contributed by atoms with Gasteiger partial charge in [0.2, 0.25) is 11.9 Å². The van der Waals surface area contributed by atoms with Crippen molar-refractivity contribution in [2.24, 2.45) is 5.92 Å². The van der Waals surface area contributed by atoms with Crippen molar-refractivity contribution < 1.29 is 18.0 Å². The van der Waals surface area contributed by atoms with E-state index >= 15 is 0 Å². The lowest BCUT2D eigenvalue weighted by Gasteiger charge is -2.31. The molecule has 162 valence electrons. The van der Waals surface area contributed by atoms with Gasteiger partial charge in [-0.2, -0.15) is 18.3 Å². The lowest BCUT2D eigenvalue weighted by Crippen LogP contribution is -2.39. The van der Waals surface area contributed by atoms with Crippen LogP contribution in [0.25, 0.3) is 5.69 Å². The number of rotatable bonds is 4. The van der Waals surface area contributed by atoms with Gasteiger partial charge < -0.3 is 10.2 Å². The first-order valence-electron chi connectivity index (χ1n) is 9.88. The number of alkyl halides is 3. The summed E-state index contributed by atoms with van der Waals surface area (Å²) in [5, 5.41) is 7.11. The van der Waals surface area contributed by atoms with Crippen molar-refractivity contribution in [1.82, 2.24) is 19.7 Å². The number of anilines is 2. The molecule has 31 heavy (non-hydrogen) atoms. The fourth-order valence-electron chi connectivity index (χ4n) is 3.62. The summed E-state index contributed by atoms with van der Waals surface area (Å²) in [6, 6.07) is 8.25. The second-order valence-corrected chi connectivity index (χ2v) is 7.43. The van der Waals surface area contributed by atoms with Gasteiger partial charge in [-0.15, -0.1) is 0 Å². The van der Waals surface area contributed by atoms with E-state index in [9.17, 15) is 18.0 Å². The van der Waals surface area contributed by atoms with E-state index in [-0.39, 0.29) is 17.5 Å². The zero-order valence-corrected chi connectivity index (χ0v) is 16.8. The van der Waals surface area contributed by atoms with Crippen LogP contribution in [0.3, 0.4) is 0 Å². The number of carbonyl (C=O) groups excluding carboxylic acids is 1. The molecule has 0 atom stereocenters. The number of hydrogen-bond acceptors (Lipinski definition) is 5. The predicted molar refractivity (Wildman–Crippen MR) is 109 cm³/mol. The molecular weight excluding hydrogens is 409 g/mol. The molecule has 0 saturated carbocycles. The van der Waals surface area contributed by atoms with E-state index in [1.165, 1.54) is 16.8 Å². The Kier molecular flexibility index (Phi) is 5.62. The minimum absolute atomic E-state index is 0.179. The topological polar surface area (TPSA) is 75.9 Å². The van der Waals surface area contributed by atoms with Gasteiger partial charge in [0.15, 0.2) is 0 Å². The van der Waals surface area contributed by atoms with Crippen LogP contribution in [0.2, 0.25) is 0 Å². The molecule has 1 aliphatic heterocycles. The molecule has 1 fully saturated rings. The Morgan fingerprint density at radius 2 is 1.81 bits per heavy atom. The second kappa shape index (κ2) is 8.37. The summed E-state index contributed by atoms with van der Waals surface area (Å²) < 4.78 is 40.6. The van der Waals surface area contributed by atoms with Crippen LogP contribution in [-0.2, 0) is 11.0 Å². The van der Waals surface area contributed by atoms with Crippen molar-refractivity contribution in [2.75, 3.05) is 23.3 Å². The Balaban J connectivity index is 1.47. The Morgan fingerprint density at radius 1 is 1.10 bits per heavy atom. The minimum atomic E-state index is -4.46. The minimum Gasteiger partial charge on any atom is -0.341 e. The zero-order chi connectivity index (χ0) is 22.0. The summed E-state index contributed by atoms with van der Waals surface area (Å²) in [6.45, 7) is 3.01. The molecule has 1 aromatic carbocycles. The van der Waals surface area contributed by atoms with Crippen LogP contribution in [-0.4, -0.2) is 38.7 Å². The van der Waals surface area contributed by atoms with E-state index in [0.29, 0.717) is 43.4 Å². The molecule has 0 aliphatic carbocycles. The smallest absolute Gasteiger partial charge is 0.341 e. The number of nitrogens with one attached hydrogen (secondary N) is 1. The molecule has 2 aromatic heterocycles. The average Bonchev–Trinajstić information content (AvgIpc) is 3.14. The highest BCUT2D eigenvalue weighted by Gasteiger charge is 2.31. The summed E-state index contributed by atoms with van der Waals surface area (Å²) >= 11 is 0. The number of halogens is 3. The molecule has 0 radical (unpaired) electrons. The summed E-state index contributed by atoms with van der Waals surface area (Å²) in [5.41, 5.74) is 0.0453. The average molecular weight is 430 g/mol. The maximum Gasteiger partial charge on any atom is 0.416 e. The largest absolute Gasteiger partial charge is 0.416 e. The van der Waals surface area contributed by atoms with E-state index in [1.807, 2.05) is 4.90 Å². The van der Waals surface area contributed by atoms with Gasteiger partial charge in [0, 0.05) is 37.5 Å². The Bertz CT molecular complexity index is 1060. The van der Waals surface area contributed by atoms with Gasteiger partial charge >= 0.3 is 6.18 Å². The van der Waals surface area contributed by atoms with Gasteiger partial charge in [0.05, 0.1) is 16.9 Å². The van der Waals surface area contributed by atoms with Gasteiger partial charge in [-0.1, -0.05) is 6.07 Å². The molecule has 1 amide bonds. The Hall–Kier alpha value is -3.43. The Morgan fingerprint density at radius 3 is 2.48 bits per heavy atom. The molecule has 4 rings (SSSR count). The van der Waals surface area contributed by atoms with Crippen molar-refractivity contribution in [3.63, 3.8) is 0 Å². The third-order valence-corrected chi connectivity index (χ3v) is 5.20. The first-order valence-corrected chi connectivity index (χ1v) is 9.88. The van der Waals surface area contributed by atoms with Crippen molar-refractivity contribution in [3.05, 3.63) is 60.0 Å². The number of nitrogens with zero attached hydrogens (tertiary/aromatic N) is 5. The monoisotopic (exact) mass is 430 g/mol. The van der Waals surface area contributed by atoms with E-state index in [0.717, 1.165) is 12.1 Å². The third-order valence-electron chi connectivity index (χ3n) is 5.20. The fourth-order valence-corrected chi connectivity index (χ4v) is 3.62. The lowest BCUT2D eigenvalue weighted by molar-refractivity contribution is -0.137. The molecule has 0 spiro atoms. The summed E-state index contributed by atoms with van der Waals surface area (Å²) in [5.74, 6) is 0.585. The maximum absolute atomic E-state index is 13.1. The highest BCUT2D eigenvalue weighted by atomic mass is 19.4. The van der Waals surface area contributed by atoms with Crippen LogP contribution in [0, 0.1) is 12.8 Å². The van der Waals surface area contributed by atoms with E-state index in [4.69, 9.17) is 0 Å². The second-order valence-electron chi connectivity index (χ2n) is 7.43. The normalized spacial score (nSPS) is 15.2. The maximum atomic E-state index is 13.1. The van der Waals surface area contributed by atoms with Gasteiger partial charge in [-0.25, -0.2) is 14.6 Å². The van der Waals surface area contributed by atoms with E-state index < -0.39 is 11.7 Å². The van der Waals surface area contributed by atoms with Crippen molar-refractivity contribution in [2.45, 2.75) is 25.9 Å². The van der Waals surface area contributed by atoms with Gasteiger partial charge in [-0.3, -0.25) is 4.79 Å². The molecule has 10 heteroatoms. The molecule has 7 nitrogen and oxygen atoms in total. The van der Waals surface area contributed by atoms with Gasteiger partial charge in [0.1, 0.15) is 5.82 Å². The summed E-state index contributed by atoms with van der Waals surface area (Å²) in [6.07, 6.45) is 0.149. The van der Waals surface area contributed by atoms with Crippen LogP contribution < -0.4 is 10.2 Å². The molecule has 1 aliphatic rings. The molecule has 0 unspecified atom stereocenters. The summed E-state index contributed by atoms with van der Waals surface area (Å²) in [4.78, 5) is 23.3. The fraction of sp³-hybridized carbons (Fsp3) is 0.333. The summed E-state index contributed by atoms with van der Waals surface area (Å²) in [7, 11) is 0. The standard InChI is InChI=1S/C21H21F3N6O/c1-14-12-18(30(28-14)17-5-2-4-16(13-17)21(22,23)24)27-19(31)15-6-10-29(11-7-15)20-25-8-3-9-26-20/h2-5,8-9,12-13,15H,6-7,10-11H2,1H3,(H,27,31). The SMILES string of the molecule is Cc1cc(NC(=O)C2CCN(c3ncccn3)CC2)n(-c2cccc(C(F)(F)F)c2)n1. The van der Waals surface area contributed by atoms with E-state index in [1.54, 1.807) is 31.5 Å².